The highest BCUT2D eigenvalue weighted by Crippen LogP contribution is 2.30. The molecule has 0 amide bonds. The maximum absolute atomic E-state index is 10.5. The number of hydrogen-bond donors (Lipinski definition) is 2. The van der Waals surface area contributed by atoms with Crippen LogP contribution in [0.1, 0.15) is 24.8 Å². The molecule has 1 aliphatic rings. The first-order valence-corrected chi connectivity index (χ1v) is 9.50. The Morgan fingerprint density at radius 3 is 2.61 bits per heavy atom. The molecule has 4 heterocycles. The molecule has 2 N–H and O–H groups in total. The summed E-state index contributed by atoms with van der Waals surface area (Å²) < 4.78 is 1.80. The van der Waals surface area contributed by atoms with E-state index in [2.05, 4.69) is 25.1 Å². The lowest BCUT2D eigenvalue weighted by Gasteiger charge is -2.34. The van der Waals surface area contributed by atoms with Gasteiger partial charge in [-0.2, -0.15) is 4.52 Å². The molecule has 1 aromatic carbocycles. The lowest BCUT2D eigenvalue weighted by Crippen LogP contribution is -2.36. The van der Waals surface area contributed by atoms with Gasteiger partial charge in [0.05, 0.1) is 0 Å². The second-order valence-corrected chi connectivity index (χ2v) is 7.09. The number of hydrogen-bond acceptors (Lipinski definition) is 6. The van der Waals surface area contributed by atoms with Gasteiger partial charge in [-0.3, -0.25) is 0 Å². The number of aromatic nitrogens is 6. The SMILES string of the molecule is OC(c1ncc[nH]1)C1CCN(c2ccc3nnc(-c4ccccc4)n3n2)CC1. The van der Waals surface area contributed by atoms with Crippen LogP contribution in [-0.2, 0) is 0 Å². The first kappa shape index (κ1) is 16.9. The van der Waals surface area contributed by atoms with Crippen molar-refractivity contribution in [2.75, 3.05) is 18.0 Å². The standard InChI is InChI=1S/C20H21N7O/c28-18(19-21-10-11-22-19)14-8-12-26(13-9-14)17-7-6-16-23-24-20(27(16)25-17)15-4-2-1-3-5-15/h1-7,10-11,14,18,28H,8-9,12-13H2,(H,21,22). The van der Waals surface area contributed by atoms with Gasteiger partial charge in [0, 0.05) is 31.0 Å². The largest absolute Gasteiger partial charge is 0.385 e. The molecule has 5 rings (SSSR count). The van der Waals surface area contributed by atoms with Gasteiger partial charge in [0.25, 0.3) is 0 Å². The minimum atomic E-state index is -0.546. The molecule has 0 radical (unpaired) electrons. The van der Waals surface area contributed by atoms with E-state index >= 15 is 0 Å². The van der Waals surface area contributed by atoms with E-state index in [1.54, 1.807) is 16.9 Å². The van der Waals surface area contributed by atoms with Gasteiger partial charge >= 0.3 is 0 Å². The summed E-state index contributed by atoms with van der Waals surface area (Å²) in [6.07, 6.45) is 4.65. The van der Waals surface area contributed by atoms with E-state index in [1.807, 2.05) is 42.5 Å². The van der Waals surface area contributed by atoms with Gasteiger partial charge in [0.2, 0.25) is 0 Å². The van der Waals surface area contributed by atoms with Crippen LogP contribution in [0, 0.1) is 5.92 Å². The van der Waals surface area contributed by atoms with Crippen molar-refractivity contribution in [2.45, 2.75) is 18.9 Å². The highest BCUT2D eigenvalue weighted by Gasteiger charge is 2.28. The highest BCUT2D eigenvalue weighted by molar-refractivity contribution is 5.59. The number of imidazole rings is 1. The van der Waals surface area contributed by atoms with Crippen LogP contribution in [0.4, 0.5) is 5.82 Å². The Labute approximate surface area is 161 Å². The lowest BCUT2D eigenvalue weighted by molar-refractivity contribution is 0.0856. The Kier molecular flexibility index (Phi) is 4.25. The van der Waals surface area contributed by atoms with Crippen molar-refractivity contribution >= 4 is 11.5 Å². The van der Waals surface area contributed by atoms with Gasteiger partial charge in [0.1, 0.15) is 17.7 Å². The predicted octanol–water partition coefficient (Wildman–Crippen LogP) is 2.46. The van der Waals surface area contributed by atoms with Crippen molar-refractivity contribution in [3.8, 4) is 11.4 Å². The van der Waals surface area contributed by atoms with Gasteiger partial charge in [-0.25, -0.2) is 4.98 Å². The van der Waals surface area contributed by atoms with Crippen LogP contribution in [-0.4, -0.2) is 48.0 Å². The summed E-state index contributed by atoms with van der Waals surface area (Å²) in [6, 6.07) is 13.9. The van der Waals surface area contributed by atoms with Crippen LogP contribution in [0.3, 0.4) is 0 Å². The quantitative estimate of drug-likeness (QED) is 0.569. The van der Waals surface area contributed by atoms with E-state index < -0.39 is 6.10 Å². The van der Waals surface area contributed by atoms with Gasteiger partial charge in [-0.15, -0.1) is 15.3 Å². The zero-order valence-electron chi connectivity index (χ0n) is 15.3. The van der Waals surface area contributed by atoms with Crippen LogP contribution < -0.4 is 4.90 Å². The molecule has 1 saturated heterocycles. The number of rotatable bonds is 4. The fraction of sp³-hybridized carbons (Fsp3) is 0.300. The smallest absolute Gasteiger partial charge is 0.185 e. The van der Waals surface area contributed by atoms with E-state index in [0.29, 0.717) is 5.82 Å². The third kappa shape index (κ3) is 3.01. The van der Waals surface area contributed by atoms with E-state index in [9.17, 15) is 5.11 Å². The average molecular weight is 375 g/mol. The Morgan fingerprint density at radius 2 is 1.86 bits per heavy atom. The minimum Gasteiger partial charge on any atom is -0.385 e. The van der Waals surface area contributed by atoms with Crippen molar-refractivity contribution < 1.29 is 5.11 Å². The van der Waals surface area contributed by atoms with Crippen molar-refractivity contribution in [2.24, 2.45) is 5.92 Å². The molecule has 28 heavy (non-hydrogen) atoms. The van der Waals surface area contributed by atoms with Crippen LogP contribution in [0.15, 0.2) is 54.9 Å². The van der Waals surface area contributed by atoms with Crippen molar-refractivity contribution in [1.29, 1.82) is 0 Å². The molecule has 0 saturated carbocycles. The number of aliphatic hydroxyl groups is 1. The molecule has 1 unspecified atom stereocenters. The molecule has 4 aromatic rings. The molecule has 142 valence electrons. The number of aromatic amines is 1. The summed E-state index contributed by atoms with van der Waals surface area (Å²) in [5.74, 6) is 2.48. The maximum atomic E-state index is 10.5. The summed E-state index contributed by atoms with van der Waals surface area (Å²) in [5, 5.41) is 23.8. The summed E-state index contributed by atoms with van der Waals surface area (Å²) in [5.41, 5.74) is 1.71. The second kappa shape index (κ2) is 7.05. The van der Waals surface area contributed by atoms with E-state index in [-0.39, 0.29) is 5.92 Å². The van der Waals surface area contributed by atoms with Crippen molar-refractivity contribution in [3.05, 3.63) is 60.7 Å². The molecule has 1 atom stereocenters. The minimum absolute atomic E-state index is 0.195. The fourth-order valence-corrected chi connectivity index (χ4v) is 3.82. The molecule has 3 aromatic heterocycles. The van der Waals surface area contributed by atoms with E-state index in [0.717, 1.165) is 48.8 Å². The number of aliphatic hydroxyl groups excluding tert-OH is 1. The molecule has 1 fully saturated rings. The third-order valence-corrected chi connectivity index (χ3v) is 5.39. The number of nitrogens with one attached hydrogen (secondary N) is 1. The normalized spacial score (nSPS) is 16.5. The number of H-pyrrole nitrogens is 1. The molecular formula is C20H21N7O. The van der Waals surface area contributed by atoms with Gasteiger partial charge < -0.3 is 15.0 Å². The van der Waals surface area contributed by atoms with Gasteiger partial charge in [-0.05, 0) is 30.9 Å². The molecule has 0 aliphatic carbocycles. The molecule has 1 aliphatic heterocycles. The molecule has 0 bridgehead atoms. The number of nitrogens with zero attached hydrogens (tertiary/aromatic N) is 6. The Morgan fingerprint density at radius 1 is 1.04 bits per heavy atom. The van der Waals surface area contributed by atoms with Crippen LogP contribution in [0.2, 0.25) is 0 Å². The summed E-state index contributed by atoms with van der Waals surface area (Å²) in [7, 11) is 0. The molecule has 8 nitrogen and oxygen atoms in total. The van der Waals surface area contributed by atoms with Crippen LogP contribution in [0.25, 0.3) is 17.0 Å². The Bertz CT molecular complexity index is 1050. The fourth-order valence-electron chi connectivity index (χ4n) is 3.82. The maximum Gasteiger partial charge on any atom is 0.185 e. The monoisotopic (exact) mass is 375 g/mol. The van der Waals surface area contributed by atoms with Gasteiger partial charge in [-0.1, -0.05) is 30.3 Å². The van der Waals surface area contributed by atoms with E-state index in [1.165, 1.54) is 0 Å². The van der Waals surface area contributed by atoms with Crippen molar-refractivity contribution in [1.82, 2.24) is 29.8 Å². The molecular weight excluding hydrogens is 354 g/mol. The van der Waals surface area contributed by atoms with E-state index in [4.69, 9.17) is 5.10 Å². The molecule has 0 spiro atoms. The molecule has 8 heteroatoms. The number of piperidine rings is 1. The zero-order chi connectivity index (χ0) is 18.9. The zero-order valence-corrected chi connectivity index (χ0v) is 15.3. The summed E-state index contributed by atoms with van der Waals surface area (Å²) >= 11 is 0. The number of fused-ring (bicyclic) bond motifs is 1. The Hall–Kier alpha value is -3.26. The van der Waals surface area contributed by atoms with Gasteiger partial charge in [0.15, 0.2) is 11.5 Å². The predicted molar refractivity (Wildman–Crippen MR) is 105 cm³/mol. The third-order valence-electron chi connectivity index (χ3n) is 5.39. The summed E-state index contributed by atoms with van der Waals surface area (Å²) in [4.78, 5) is 9.45. The second-order valence-electron chi connectivity index (χ2n) is 7.09. The lowest BCUT2D eigenvalue weighted by atomic mass is 9.91. The average Bonchev–Trinajstić information content (AvgIpc) is 3.44. The Balaban J connectivity index is 1.36. The van der Waals surface area contributed by atoms with Crippen LogP contribution >= 0.6 is 0 Å². The van der Waals surface area contributed by atoms with Crippen molar-refractivity contribution in [3.63, 3.8) is 0 Å². The first-order valence-electron chi connectivity index (χ1n) is 9.50. The van der Waals surface area contributed by atoms with Crippen LogP contribution in [0.5, 0.6) is 0 Å². The number of anilines is 1. The summed E-state index contributed by atoms with van der Waals surface area (Å²) in [6.45, 7) is 1.67. The highest BCUT2D eigenvalue weighted by atomic mass is 16.3. The topological polar surface area (TPSA) is 95.2 Å². The number of benzene rings is 1. The first-order chi connectivity index (χ1) is 13.8.